The van der Waals surface area contributed by atoms with Crippen LogP contribution in [0, 0.1) is 6.92 Å². The van der Waals surface area contributed by atoms with Gasteiger partial charge in [-0.3, -0.25) is 4.79 Å². The Bertz CT molecular complexity index is 868. The van der Waals surface area contributed by atoms with Gasteiger partial charge in [0.15, 0.2) is 0 Å². The first-order chi connectivity index (χ1) is 13.1. The van der Waals surface area contributed by atoms with Crippen molar-refractivity contribution in [1.29, 1.82) is 0 Å². The van der Waals surface area contributed by atoms with Crippen LogP contribution in [0.25, 0.3) is 5.57 Å². The summed E-state index contributed by atoms with van der Waals surface area (Å²) in [4.78, 5) is 15.0. The van der Waals surface area contributed by atoms with E-state index in [9.17, 15) is 4.79 Å². The number of nitrogens with zero attached hydrogens (tertiary/aromatic N) is 1. The van der Waals surface area contributed by atoms with E-state index in [4.69, 9.17) is 0 Å². The summed E-state index contributed by atoms with van der Waals surface area (Å²) in [7, 11) is 0. The van der Waals surface area contributed by atoms with Gasteiger partial charge in [-0.25, -0.2) is 0 Å². The second-order valence-corrected chi connectivity index (χ2v) is 6.95. The van der Waals surface area contributed by atoms with Gasteiger partial charge in [-0.2, -0.15) is 0 Å². The molecule has 27 heavy (non-hydrogen) atoms. The summed E-state index contributed by atoms with van der Waals surface area (Å²) in [6.45, 7) is 6.10. The molecule has 0 heterocycles. The van der Waals surface area contributed by atoms with Gasteiger partial charge >= 0.3 is 0 Å². The van der Waals surface area contributed by atoms with E-state index in [2.05, 4.69) is 24.3 Å². The fraction of sp³-hybridized carbons (Fsp3) is 0.160. The number of benzene rings is 3. The molecule has 136 valence electrons. The van der Waals surface area contributed by atoms with Crippen LogP contribution in [0.1, 0.15) is 40.9 Å². The Hall–Kier alpha value is -3.13. The van der Waals surface area contributed by atoms with E-state index >= 15 is 0 Å². The highest BCUT2D eigenvalue weighted by Gasteiger charge is 2.18. The molecule has 3 aromatic carbocycles. The number of rotatable bonds is 5. The Balaban J connectivity index is 2.07. The maximum Gasteiger partial charge on any atom is 0.258 e. The smallest absolute Gasteiger partial charge is 0.258 e. The van der Waals surface area contributed by atoms with Gasteiger partial charge in [0.2, 0.25) is 0 Å². The van der Waals surface area contributed by atoms with Crippen molar-refractivity contribution in [3.05, 3.63) is 113 Å². The summed E-state index contributed by atoms with van der Waals surface area (Å²) in [5, 5.41) is 0. The second-order valence-electron chi connectivity index (χ2n) is 6.95. The number of hydrogen-bond acceptors (Lipinski definition) is 1. The third-order valence-electron chi connectivity index (χ3n) is 4.53. The lowest BCUT2D eigenvalue weighted by Crippen LogP contribution is -2.32. The van der Waals surface area contributed by atoms with Gasteiger partial charge < -0.3 is 4.90 Å². The van der Waals surface area contributed by atoms with Crippen LogP contribution in [-0.2, 0) is 0 Å². The zero-order valence-corrected chi connectivity index (χ0v) is 16.1. The molecule has 0 unspecified atom stereocenters. The molecule has 3 aromatic rings. The molecule has 2 nitrogen and oxygen atoms in total. The maximum atomic E-state index is 13.2. The molecule has 0 aliphatic carbocycles. The number of amides is 1. The van der Waals surface area contributed by atoms with Gasteiger partial charge in [-0.05, 0) is 44.0 Å². The number of hydrogen-bond donors (Lipinski definition) is 0. The fourth-order valence-electron chi connectivity index (χ4n) is 2.98. The summed E-state index contributed by atoms with van der Waals surface area (Å²) in [5.41, 5.74) is 5.06. The van der Waals surface area contributed by atoms with Crippen LogP contribution in [-0.4, -0.2) is 16.8 Å². The van der Waals surface area contributed by atoms with Crippen LogP contribution in [0.2, 0.25) is 0 Å². The summed E-state index contributed by atoms with van der Waals surface area (Å²) in [5.74, 6) is 0.00867. The molecule has 0 radical (unpaired) electrons. The van der Waals surface area contributed by atoms with Crippen LogP contribution >= 0.6 is 0 Å². The molecule has 0 atom stereocenters. The van der Waals surface area contributed by atoms with Gasteiger partial charge in [0.05, 0.1) is 0 Å². The Kier molecular flexibility index (Phi) is 5.87. The summed E-state index contributed by atoms with van der Waals surface area (Å²) < 4.78 is 0. The summed E-state index contributed by atoms with van der Waals surface area (Å²) >= 11 is 0. The third-order valence-corrected chi connectivity index (χ3v) is 4.53. The average molecular weight is 355 g/mol. The minimum absolute atomic E-state index is 0.00867. The third kappa shape index (κ3) is 4.53. The molecule has 0 aliphatic rings. The topological polar surface area (TPSA) is 20.3 Å². The van der Waals surface area contributed by atoms with Gasteiger partial charge in [-0.1, -0.05) is 78.4 Å². The van der Waals surface area contributed by atoms with Crippen molar-refractivity contribution in [3.63, 3.8) is 0 Å². The van der Waals surface area contributed by atoms with Crippen molar-refractivity contribution in [2.24, 2.45) is 0 Å². The zero-order valence-electron chi connectivity index (χ0n) is 16.1. The Morgan fingerprint density at radius 3 is 1.67 bits per heavy atom. The van der Waals surface area contributed by atoms with Crippen molar-refractivity contribution in [1.82, 2.24) is 4.90 Å². The fourth-order valence-corrected chi connectivity index (χ4v) is 2.98. The maximum absolute atomic E-state index is 13.2. The highest BCUT2D eigenvalue weighted by Crippen LogP contribution is 2.25. The largest absolute Gasteiger partial charge is 0.312 e. The molecule has 0 bridgehead atoms. The van der Waals surface area contributed by atoms with E-state index in [1.54, 1.807) is 0 Å². The molecule has 1 amide bonds. The van der Waals surface area contributed by atoms with Crippen molar-refractivity contribution in [2.45, 2.75) is 26.8 Å². The lowest BCUT2D eigenvalue weighted by Gasteiger charge is -2.25. The molecular weight excluding hydrogens is 330 g/mol. The first-order valence-corrected chi connectivity index (χ1v) is 9.28. The lowest BCUT2D eigenvalue weighted by atomic mass is 9.98. The SMILES string of the molecule is Cc1ccc(C(=O)N(C=C(c2ccccc2)c2ccccc2)C(C)C)cc1. The van der Waals surface area contributed by atoms with Gasteiger partial charge in [0, 0.05) is 23.4 Å². The molecular formula is C25H25NO. The Morgan fingerprint density at radius 1 is 0.741 bits per heavy atom. The molecule has 0 saturated carbocycles. The van der Waals surface area contributed by atoms with Crippen LogP contribution in [0.4, 0.5) is 0 Å². The summed E-state index contributed by atoms with van der Waals surface area (Å²) in [6.07, 6.45) is 1.98. The minimum atomic E-state index is 0.00867. The first-order valence-electron chi connectivity index (χ1n) is 9.28. The molecule has 0 N–H and O–H groups in total. The van der Waals surface area contributed by atoms with E-state index in [1.807, 2.05) is 92.5 Å². The van der Waals surface area contributed by atoms with E-state index in [0.29, 0.717) is 5.56 Å². The average Bonchev–Trinajstić information content (AvgIpc) is 2.70. The number of carbonyl (C=O) groups excluding carboxylic acids is 1. The quantitative estimate of drug-likeness (QED) is 0.555. The normalized spacial score (nSPS) is 10.5. The van der Waals surface area contributed by atoms with Gasteiger partial charge in [-0.15, -0.1) is 0 Å². The predicted octanol–water partition coefficient (Wildman–Crippen LogP) is 5.94. The van der Waals surface area contributed by atoms with E-state index in [0.717, 1.165) is 22.3 Å². The molecule has 0 spiro atoms. The first kappa shape index (κ1) is 18.7. The molecule has 0 aliphatic heterocycles. The minimum Gasteiger partial charge on any atom is -0.312 e. The monoisotopic (exact) mass is 355 g/mol. The van der Waals surface area contributed by atoms with E-state index in [1.165, 1.54) is 0 Å². The highest BCUT2D eigenvalue weighted by atomic mass is 16.2. The molecule has 0 saturated heterocycles. The standard InChI is InChI=1S/C25H25NO/c1-19(2)26(25(27)23-16-14-20(3)15-17-23)18-24(21-10-6-4-7-11-21)22-12-8-5-9-13-22/h4-19H,1-3H3. The zero-order chi connectivity index (χ0) is 19.2. The molecule has 0 fully saturated rings. The van der Waals surface area contributed by atoms with Crippen molar-refractivity contribution in [3.8, 4) is 0 Å². The molecule has 0 aromatic heterocycles. The Morgan fingerprint density at radius 2 is 1.22 bits per heavy atom. The molecule has 3 rings (SSSR count). The van der Waals surface area contributed by atoms with Crippen LogP contribution in [0.5, 0.6) is 0 Å². The van der Waals surface area contributed by atoms with Crippen LogP contribution in [0.3, 0.4) is 0 Å². The lowest BCUT2D eigenvalue weighted by molar-refractivity contribution is 0.0789. The van der Waals surface area contributed by atoms with Gasteiger partial charge in [0.25, 0.3) is 5.91 Å². The molecule has 2 heteroatoms. The van der Waals surface area contributed by atoms with Crippen LogP contribution in [0.15, 0.2) is 91.1 Å². The van der Waals surface area contributed by atoms with Gasteiger partial charge in [0.1, 0.15) is 0 Å². The van der Waals surface area contributed by atoms with Crippen molar-refractivity contribution < 1.29 is 4.79 Å². The van der Waals surface area contributed by atoms with Crippen LogP contribution < -0.4 is 0 Å². The van der Waals surface area contributed by atoms with Crippen molar-refractivity contribution in [2.75, 3.05) is 0 Å². The van der Waals surface area contributed by atoms with E-state index < -0.39 is 0 Å². The highest BCUT2D eigenvalue weighted by molar-refractivity contribution is 5.96. The number of carbonyl (C=O) groups is 1. The van der Waals surface area contributed by atoms with E-state index in [-0.39, 0.29) is 11.9 Å². The van der Waals surface area contributed by atoms with Crippen molar-refractivity contribution >= 4 is 11.5 Å². The summed E-state index contributed by atoms with van der Waals surface area (Å²) in [6, 6.07) is 28.2. The number of aryl methyl sites for hydroxylation is 1. The predicted molar refractivity (Wildman–Crippen MR) is 112 cm³/mol. The second kappa shape index (κ2) is 8.50. The Labute approximate surface area is 161 Å².